The lowest BCUT2D eigenvalue weighted by molar-refractivity contribution is -0.143. The quantitative estimate of drug-likeness (QED) is 0.777. The van der Waals surface area contributed by atoms with Crippen LogP contribution in [0.3, 0.4) is 0 Å². The fourth-order valence-corrected chi connectivity index (χ4v) is 2.75. The first-order valence-electron chi connectivity index (χ1n) is 5.52. The standard InChI is InChI=1S/C11H16N2O3S/c1-6-7(2)16-10(13-6)17-5-11(12,9(14)15)8-3-4-8/h8H,3-5,12H2,1-2H3,(H,14,15). The second-order valence-corrected chi connectivity index (χ2v) is 5.46. The molecule has 17 heavy (non-hydrogen) atoms. The average molecular weight is 256 g/mol. The number of aryl methyl sites for hydroxylation is 2. The maximum absolute atomic E-state index is 11.2. The zero-order valence-electron chi connectivity index (χ0n) is 9.90. The van der Waals surface area contributed by atoms with E-state index in [0.29, 0.717) is 11.0 Å². The molecule has 1 fully saturated rings. The number of carbonyl (C=O) groups is 1. The monoisotopic (exact) mass is 256 g/mol. The molecular formula is C11H16N2O3S. The Hall–Kier alpha value is -1.01. The third-order valence-corrected chi connectivity index (χ3v) is 4.19. The van der Waals surface area contributed by atoms with E-state index >= 15 is 0 Å². The molecule has 1 heterocycles. The van der Waals surface area contributed by atoms with Gasteiger partial charge in [0.25, 0.3) is 5.22 Å². The molecule has 1 saturated carbocycles. The minimum Gasteiger partial charge on any atom is -0.480 e. The zero-order chi connectivity index (χ0) is 12.6. The molecule has 1 atom stereocenters. The highest BCUT2D eigenvalue weighted by Crippen LogP contribution is 2.41. The van der Waals surface area contributed by atoms with Gasteiger partial charge in [0.05, 0.1) is 5.69 Å². The van der Waals surface area contributed by atoms with Crippen molar-refractivity contribution in [2.45, 2.75) is 37.5 Å². The van der Waals surface area contributed by atoms with E-state index in [0.717, 1.165) is 24.3 Å². The van der Waals surface area contributed by atoms with Crippen LogP contribution >= 0.6 is 11.8 Å². The zero-order valence-corrected chi connectivity index (χ0v) is 10.7. The van der Waals surface area contributed by atoms with Crippen molar-refractivity contribution in [1.29, 1.82) is 0 Å². The molecule has 94 valence electrons. The molecule has 5 nitrogen and oxygen atoms in total. The van der Waals surface area contributed by atoms with Crippen molar-refractivity contribution < 1.29 is 14.3 Å². The van der Waals surface area contributed by atoms with Gasteiger partial charge < -0.3 is 15.3 Å². The van der Waals surface area contributed by atoms with E-state index in [9.17, 15) is 9.90 Å². The summed E-state index contributed by atoms with van der Waals surface area (Å²) in [6, 6.07) is 0. The summed E-state index contributed by atoms with van der Waals surface area (Å²) in [5, 5.41) is 9.69. The minimum atomic E-state index is -1.15. The predicted octanol–water partition coefficient (Wildman–Crippen LogP) is 1.58. The lowest BCUT2D eigenvalue weighted by atomic mass is 9.98. The van der Waals surface area contributed by atoms with Gasteiger partial charge in [0.2, 0.25) is 0 Å². The van der Waals surface area contributed by atoms with Crippen LogP contribution < -0.4 is 5.73 Å². The molecule has 0 aliphatic heterocycles. The van der Waals surface area contributed by atoms with Crippen LogP contribution in [-0.4, -0.2) is 27.4 Å². The number of oxazole rings is 1. The van der Waals surface area contributed by atoms with Gasteiger partial charge in [0.1, 0.15) is 11.3 Å². The highest BCUT2D eigenvalue weighted by Gasteiger charge is 2.48. The van der Waals surface area contributed by atoms with Gasteiger partial charge in [-0.25, -0.2) is 4.98 Å². The van der Waals surface area contributed by atoms with Crippen molar-refractivity contribution in [3.63, 3.8) is 0 Å². The number of nitrogens with two attached hydrogens (primary N) is 1. The Morgan fingerprint density at radius 2 is 2.29 bits per heavy atom. The Kier molecular flexibility index (Phi) is 3.18. The predicted molar refractivity (Wildman–Crippen MR) is 64.0 cm³/mol. The van der Waals surface area contributed by atoms with Gasteiger partial charge in [-0.3, -0.25) is 4.79 Å². The normalized spacial score (nSPS) is 19.0. The maximum Gasteiger partial charge on any atom is 0.324 e. The van der Waals surface area contributed by atoms with Crippen LogP contribution in [0.25, 0.3) is 0 Å². The van der Waals surface area contributed by atoms with Gasteiger partial charge in [0, 0.05) is 5.75 Å². The fraction of sp³-hybridized carbons (Fsp3) is 0.636. The van der Waals surface area contributed by atoms with Gasteiger partial charge >= 0.3 is 5.97 Å². The molecular weight excluding hydrogens is 240 g/mol. The first-order chi connectivity index (χ1) is 7.93. The van der Waals surface area contributed by atoms with Crippen molar-refractivity contribution in [3.8, 4) is 0 Å². The molecule has 1 aliphatic carbocycles. The topological polar surface area (TPSA) is 89.3 Å². The number of thioether (sulfide) groups is 1. The van der Waals surface area contributed by atoms with Gasteiger partial charge in [-0.05, 0) is 32.6 Å². The van der Waals surface area contributed by atoms with E-state index in [1.54, 1.807) is 0 Å². The Labute approximate surface area is 104 Å². The molecule has 0 amide bonds. The summed E-state index contributed by atoms with van der Waals surface area (Å²) in [6.45, 7) is 3.69. The van der Waals surface area contributed by atoms with E-state index < -0.39 is 11.5 Å². The first-order valence-corrected chi connectivity index (χ1v) is 6.51. The van der Waals surface area contributed by atoms with Gasteiger partial charge in [-0.15, -0.1) is 0 Å². The highest BCUT2D eigenvalue weighted by atomic mass is 32.2. The van der Waals surface area contributed by atoms with Crippen LogP contribution in [0, 0.1) is 19.8 Å². The number of carboxylic acids is 1. The number of aliphatic carboxylic acids is 1. The maximum atomic E-state index is 11.2. The molecule has 3 N–H and O–H groups in total. The van der Waals surface area contributed by atoms with E-state index in [2.05, 4.69) is 4.98 Å². The first kappa shape index (κ1) is 12.4. The summed E-state index contributed by atoms with van der Waals surface area (Å²) in [5.74, 6) is 0.209. The molecule has 0 saturated heterocycles. The van der Waals surface area contributed by atoms with Crippen LogP contribution in [-0.2, 0) is 4.79 Å². The Balaban J connectivity index is 2.02. The Morgan fingerprint density at radius 1 is 1.65 bits per heavy atom. The van der Waals surface area contributed by atoms with Crippen molar-refractivity contribution >= 4 is 17.7 Å². The van der Waals surface area contributed by atoms with Crippen molar-refractivity contribution in [1.82, 2.24) is 4.98 Å². The summed E-state index contributed by atoms with van der Waals surface area (Å²) in [7, 11) is 0. The summed E-state index contributed by atoms with van der Waals surface area (Å²) in [6.07, 6.45) is 1.79. The van der Waals surface area contributed by atoms with Gasteiger partial charge in [-0.1, -0.05) is 11.8 Å². The van der Waals surface area contributed by atoms with E-state index in [-0.39, 0.29) is 5.92 Å². The van der Waals surface area contributed by atoms with E-state index in [1.807, 2.05) is 13.8 Å². The lowest BCUT2D eigenvalue weighted by Gasteiger charge is -2.22. The van der Waals surface area contributed by atoms with Gasteiger partial charge in [-0.2, -0.15) is 0 Å². The third-order valence-electron chi connectivity index (χ3n) is 3.15. The lowest BCUT2D eigenvalue weighted by Crippen LogP contribution is -2.52. The highest BCUT2D eigenvalue weighted by molar-refractivity contribution is 7.99. The Morgan fingerprint density at radius 3 is 2.71 bits per heavy atom. The molecule has 0 aromatic carbocycles. The molecule has 1 aromatic heterocycles. The van der Waals surface area contributed by atoms with Crippen LogP contribution in [0.15, 0.2) is 9.64 Å². The number of carboxylic acid groups (broad SMARTS) is 1. The van der Waals surface area contributed by atoms with Crippen LogP contribution in [0.5, 0.6) is 0 Å². The number of hydrogen-bond acceptors (Lipinski definition) is 5. The van der Waals surface area contributed by atoms with Crippen molar-refractivity contribution in [2.75, 3.05) is 5.75 Å². The van der Waals surface area contributed by atoms with Crippen LogP contribution in [0.1, 0.15) is 24.3 Å². The van der Waals surface area contributed by atoms with Crippen molar-refractivity contribution in [2.24, 2.45) is 11.7 Å². The van der Waals surface area contributed by atoms with Gasteiger partial charge in [0.15, 0.2) is 0 Å². The summed E-state index contributed by atoms with van der Waals surface area (Å²) < 4.78 is 5.39. The van der Waals surface area contributed by atoms with Crippen LogP contribution in [0.2, 0.25) is 0 Å². The smallest absolute Gasteiger partial charge is 0.324 e. The second kappa shape index (κ2) is 4.34. The fourth-order valence-electron chi connectivity index (χ4n) is 1.64. The minimum absolute atomic E-state index is 0.0876. The van der Waals surface area contributed by atoms with Crippen molar-refractivity contribution in [3.05, 3.63) is 11.5 Å². The molecule has 1 aromatic rings. The molecule has 1 unspecified atom stereocenters. The number of rotatable bonds is 5. The molecule has 6 heteroatoms. The third kappa shape index (κ3) is 2.47. The molecule has 1 aliphatic rings. The number of nitrogens with zero attached hydrogens (tertiary/aromatic N) is 1. The second-order valence-electron chi connectivity index (χ2n) is 4.53. The summed E-state index contributed by atoms with van der Waals surface area (Å²) >= 11 is 1.28. The molecule has 2 rings (SSSR count). The van der Waals surface area contributed by atoms with E-state index in [1.165, 1.54) is 11.8 Å². The summed E-state index contributed by atoms with van der Waals surface area (Å²) in [4.78, 5) is 15.4. The number of hydrogen-bond donors (Lipinski definition) is 2. The molecule has 0 radical (unpaired) electrons. The molecule has 0 bridgehead atoms. The molecule has 0 spiro atoms. The Bertz CT molecular complexity index is 422. The largest absolute Gasteiger partial charge is 0.480 e. The van der Waals surface area contributed by atoms with Crippen LogP contribution in [0.4, 0.5) is 0 Å². The number of aromatic nitrogens is 1. The average Bonchev–Trinajstić information content (AvgIpc) is 3.04. The SMILES string of the molecule is Cc1nc(SCC(N)(C(=O)O)C2CC2)oc1C. The summed E-state index contributed by atoms with van der Waals surface area (Å²) in [5.41, 5.74) is 5.63. The van der Waals surface area contributed by atoms with E-state index in [4.69, 9.17) is 10.2 Å².